The molecule has 0 aliphatic heterocycles. The molecule has 2 aromatic carbocycles. The van der Waals surface area contributed by atoms with Crippen LogP contribution in [0.3, 0.4) is 0 Å². The van der Waals surface area contributed by atoms with Gasteiger partial charge in [-0.25, -0.2) is 0 Å². The molecule has 2 amide bonds. The van der Waals surface area contributed by atoms with Crippen LogP contribution in [0.15, 0.2) is 59.8 Å². The molecule has 0 aliphatic rings. The van der Waals surface area contributed by atoms with Gasteiger partial charge in [0.05, 0.1) is 11.8 Å². The third-order valence-electron chi connectivity index (χ3n) is 5.52. The summed E-state index contributed by atoms with van der Waals surface area (Å²) < 4.78 is 1.96. The molecule has 0 spiro atoms. The van der Waals surface area contributed by atoms with Crippen molar-refractivity contribution >= 4 is 29.3 Å². The molecule has 0 aliphatic carbocycles. The summed E-state index contributed by atoms with van der Waals surface area (Å²) in [5, 5.41) is 15.4. The Labute approximate surface area is 205 Å². The molecule has 180 valence electrons. The van der Waals surface area contributed by atoms with E-state index in [1.54, 1.807) is 12.1 Å². The van der Waals surface area contributed by atoms with E-state index in [9.17, 15) is 9.59 Å². The summed E-state index contributed by atoms with van der Waals surface area (Å²) in [7, 11) is 0. The number of hydrogen-bond acceptors (Lipinski definition) is 5. The minimum Gasteiger partial charge on any atom is -0.342 e. The van der Waals surface area contributed by atoms with Crippen LogP contribution in [0.1, 0.15) is 68.3 Å². The number of aromatic nitrogens is 3. The molecule has 3 aromatic rings. The normalized spacial score (nSPS) is 12.1. The molecule has 0 unspecified atom stereocenters. The van der Waals surface area contributed by atoms with Crippen LogP contribution in [0.5, 0.6) is 0 Å². The summed E-state index contributed by atoms with van der Waals surface area (Å²) in [6.07, 6.45) is 0. The second-order valence-electron chi connectivity index (χ2n) is 8.76. The SMILES string of the molecule is CCn1c(SCC(=O)Nc2ccc(C(C)C)cc2)nnc1[C@H](NC(=O)c1ccccc1)C(C)C. The van der Waals surface area contributed by atoms with Gasteiger partial charge in [0.25, 0.3) is 5.91 Å². The minimum atomic E-state index is -0.303. The van der Waals surface area contributed by atoms with Gasteiger partial charge in [-0.15, -0.1) is 10.2 Å². The van der Waals surface area contributed by atoms with Gasteiger partial charge in [0.15, 0.2) is 11.0 Å². The van der Waals surface area contributed by atoms with Crippen molar-refractivity contribution in [3.05, 3.63) is 71.5 Å². The minimum absolute atomic E-state index is 0.104. The Bertz CT molecular complexity index is 1090. The molecule has 34 heavy (non-hydrogen) atoms. The predicted molar refractivity (Wildman–Crippen MR) is 137 cm³/mol. The highest BCUT2D eigenvalue weighted by Gasteiger charge is 2.26. The largest absolute Gasteiger partial charge is 0.342 e. The van der Waals surface area contributed by atoms with Gasteiger partial charge in [-0.3, -0.25) is 9.59 Å². The van der Waals surface area contributed by atoms with Gasteiger partial charge in [0.1, 0.15) is 0 Å². The summed E-state index contributed by atoms with van der Waals surface area (Å²) in [5.74, 6) is 1.20. The van der Waals surface area contributed by atoms with Crippen molar-refractivity contribution in [2.45, 2.75) is 58.3 Å². The third-order valence-corrected chi connectivity index (χ3v) is 6.49. The number of nitrogens with one attached hydrogen (secondary N) is 2. The van der Waals surface area contributed by atoms with Crippen LogP contribution in [-0.4, -0.2) is 32.3 Å². The summed E-state index contributed by atoms with van der Waals surface area (Å²) in [5.41, 5.74) is 2.61. The van der Waals surface area contributed by atoms with Crippen molar-refractivity contribution in [3.63, 3.8) is 0 Å². The van der Waals surface area contributed by atoms with Crippen molar-refractivity contribution in [1.82, 2.24) is 20.1 Å². The number of rotatable bonds is 10. The molecular formula is C26H33N5O2S. The van der Waals surface area contributed by atoms with Gasteiger partial charge in [-0.05, 0) is 48.6 Å². The predicted octanol–water partition coefficient (Wildman–Crippen LogP) is 5.28. The Balaban J connectivity index is 1.67. The van der Waals surface area contributed by atoms with E-state index in [0.29, 0.717) is 29.0 Å². The van der Waals surface area contributed by atoms with Crippen molar-refractivity contribution < 1.29 is 9.59 Å². The van der Waals surface area contributed by atoms with Gasteiger partial charge < -0.3 is 15.2 Å². The fraction of sp³-hybridized carbons (Fsp3) is 0.385. The van der Waals surface area contributed by atoms with Crippen molar-refractivity contribution in [1.29, 1.82) is 0 Å². The van der Waals surface area contributed by atoms with Crippen molar-refractivity contribution in [2.24, 2.45) is 5.92 Å². The number of nitrogens with zero attached hydrogens (tertiary/aromatic N) is 3. The van der Waals surface area contributed by atoms with Gasteiger partial charge in [-0.2, -0.15) is 0 Å². The summed E-state index contributed by atoms with van der Waals surface area (Å²) in [6, 6.07) is 16.7. The molecule has 1 atom stereocenters. The fourth-order valence-corrected chi connectivity index (χ4v) is 4.37. The number of amides is 2. The van der Waals surface area contributed by atoms with E-state index in [2.05, 4.69) is 34.7 Å². The maximum absolute atomic E-state index is 12.8. The average molecular weight is 480 g/mol. The van der Waals surface area contributed by atoms with Crippen LogP contribution >= 0.6 is 11.8 Å². The Hall–Kier alpha value is -3.13. The summed E-state index contributed by atoms with van der Waals surface area (Å²) in [4.78, 5) is 25.3. The van der Waals surface area contributed by atoms with Gasteiger partial charge in [0, 0.05) is 17.8 Å². The lowest BCUT2D eigenvalue weighted by molar-refractivity contribution is -0.113. The van der Waals surface area contributed by atoms with Crippen molar-refractivity contribution in [2.75, 3.05) is 11.1 Å². The molecule has 1 heterocycles. The first-order valence-corrected chi connectivity index (χ1v) is 12.6. The second-order valence-corrected chi connectivity index (χ2v) is 9.70. The van der Waals surface area contributed by atoms with Crippen LogP contribution in [0, 0.1) is 5.92 Å². The van der Waals surface area contributed by atoms with Gasteiger partial charge in [0.2, 0.25) is 5.91 Å². The number of carbonyl (C=O) groups excluding carboxylic acids is 2. The molecule has 2 N–H and O–H groups in total. The third kappa shape index (κ3) is 6.47. The molecule has 1 aromatic heterocycles. The number of anilines is 1. The molecule has 0 saturated carbocycles. The van der Waals surface area contributed by atoms with Crippen LogP contribution in [-0.2, 0) is 11.3 Å². The number of hydrogen-bond donors (Lipinski definition) is 2. The molecule has 0 radical (unpaired) electrons. The first-order chi connectivity index (χ1) is 16.3. The Kier molecular flexibility index (Phi) is 8.87. The van der Waals surface area contributed by atoms with Gasteiger partial charge in [-0.1, -0.05) is 69.8 Å². The van der Waals surface area contributed by atoms with E-state index >= 15 is 0 Å². The first kappa shape index (κ1) is 25.5. The second kappa shape index (κ2) is 11.8. The Morgan fingerprint density at radius 3 is 2.24 bits per heavy atom. The van der Waals surface area contributed by atoms with E-state index in [0.717, 1.165) is 5.69 Å². The lowest BCUT2D eigenvalue weighted by Crippen LogP contribution is -2.33. The van der Waals surface area contributed by atoms with Crippen LogP contribution in [0.2, 0.25) is 0 Å². The molecule has 7 nitrogen and oxygen atoms in total. The molecule has 8 heteroatoms. The molecular weight excluding hydrogens is 446 g/mol. The van der Waals surface area contributed by atoms with E-state index in [1.165, 1.54) is 17.3 Å². The highest BCUT2D eigenvalue weighted by atomic mass is 32.2. The molecule has 3 rings (SSSR count). The van der Waals surface area contributed by atoms with Crippen LogP contribution < -0.4 is 10.6 Å². The standard InChI is InChI=1S/C26H33N5O2S/c1-6-31-24(23(18(4)5)28-25(33)20-10-8-7-9-11-20)29-30-26(31)34-16-22(32)27-21-14-12-19(13-15-21)17(2)3/h7-15,17-18,23H,6,16H2,1-5H3,(H,27,32)(H,28,33)/t23-/m1/s1. The number of thioether (sulfide) groups is 1. The monoisotopic (exact) mass is 479 g/mol. The first-order valence-electron chi connectivity index (χ1n) is 11.6. The van der Waals surface area contributed by atoms with E-state index < -0.39 is 0 Å². The van der Waals surface area contributed by atoms with Gasteiger partial charge >= 0.3 is 0 Å². The zero-order valence-corrected chi connectivity index (χ0v) is 21.2. The number of benzene rings is 2. The van der Waals surface area contributed by atoms with E-state index in [-0.39, 0.29) is 29.5 Å². The van der Waals surface area contributed by atoms with Crippen LogP contribution in [0.4, 0.5) is 5.69 Å². The molecule has 0 bridgehead atoms. The topological polar surface area (TPSA) is 88.9 Å². The lowest BCUT2D eigenvalue weighted by Gasteiger charge is -2.22. The number of carbonyl (C=O) groups is 2. The fourth-order valence-electron chi connectivity index (χ4n) is 3.56. The van der Waals surface area contributed by atoms with E-state index in [1.807, 2.05) is 67.8 Å². The average Bonchev–Trinajstić information content (AvgIpc) is 3.24. The Morgan fingerprint density at radius 2 is 1.65 bits per heavy atom. The maximum Gasteiger partial charge on any atom is 0.251 e. The summed E-state index contributed by atoms with van der Waals surface area (Å²) >= 11 is 1.34. The Morgan fingerprint density at radius 1 is 0.971 bits per heavy atom. The van der Waals surface area contributed by atoms with Crippen LogP contribution in [0.25, 0.3) is 0 Å². The zero-order valence-electron chi connectivity index (χ0n) is 20.4. The van der Waals surface area contributed by atoms with Crippen molar-refractivity contribution in [3.8, 4) is 0 Å². The summed E-state index contributed by atoms with van der Waals surface area (Å²) in [6.45, 7) is 11.0. The molecule has 0 fully saturated rings. The quantitative estimate of drug-likeness (QED) is 0.386. The maximum atomic E-state index is 12.8. The highest BCUT2D eigenvalue weighted by Crippen LogP contribution is 2.26. The highest BCUT2D eigenvalue weighted by molar-refractivity contribution is 7.99. The zero-order chi connectivity index (χ0) is 24.7. The van der Waals surface area contributed by atoms with E-state index in [4.69, 9.17) is 0 Å². The smallest absolute Gasteiger partial charge is 0.251 e. The molecule has 0 saturated heterocycles. The lowest BCUT2D eigenvalue weighted by atomic mass is 10.0.